The van der Waals surface area contributed by atoms with Gasteiger partial charge in [-0.3, -0.25) is 18.6 Å². The zero-order valence-electron chi connectivity index (χ0n) is 22.4. The molecule has 5 rings (SSSR count). The number of benzene rings is 1. The van der Waals surface area contributed by atoms with Crippen LogP contribution < -0.4 is 10.9 Å². The molecule has 208 valence electrons. The molecule has 1 amide bonds. The molecule has 13 heteroatoms. The van der Waals surface area contributed by atoms with Gasteiger partial charge in [-0.05, 0) is 63.4 Å². The number of rotatable bonds is 4. The fourth-order valence-corrected chi connectivity index (χ4v) is 6.63. The summed E-state index contributed by atoms with van der Waals surface area (Å²) >= 11 is 0. The summed E-state index contributed by atoms with van der Waals surface area (Å²) in [7, 11) is -1.35. The van der Waals surface area contributed by atoms with E-state index in [1.165, 1.54) is 4.31 Å². The van der Waals surface area contributed by atoms with E-state index in [0.717, 1.165) is 5.56 Å². The summed E-state index contributed by atoms with van der Waals surface area (Å²) in [6, 6.07) is 9.26. The van der Waals surface area contributed by atoms with Gasteiger partial charge in [-0.25, -0.2) is 9.10 Å². The Hall–Kier alpha value is -3.57. The molecule has 2 aliphatic rings. The lowest BCUT2D eigenvalue weighted by Gasteiger charge is -2.41. The average molecular weight is 556 g/mol. The van der Waals surface area contributed by atoms with E-state index in [9.17, 15) is 24.0 Å². The molecule has 0 unspecified atom stereocenters. The number of anilines is 2. The second-order valence-electron chi connectivity index (χ2n) is 11.1. The van der Waals surface area contributed by atoms with Crippen LogP contribution in [0.5, 0.6) is 0 Å². The SMILES string of the molecule is CN1Cc2cc(Nc3nn(C4(CC#N)CCN(C(=O)OC(C)(C)C)CC4)c4cc[nH]c(=O)c34)ccc2S1(O)O. The molecule has 2 aliphatic heterocycles. The molecule has 0 spiro atoms. The summed E-state index contributed by atoms with van der Waals surface area (Å²) in [5.74, 6) is 0.330. The number of nitriles is 1. The van der Waals surface area contributed by atoms with Crippen molar-refractivity contribution in [3.05, 3.63) is 46.4 Å². The van der Waals surface area contributed by atoms with Gasteiger partial charge in [0.2, 0.25) is 0 Å². The van der Waals surface area contributed by atoms with E-state index in [1.807, 2.05) is 26.8 Å². The third-order valence-corrected chi connectivity index (χ3v) is 9.24. The zero-order chi connectivity index (χ0) is 28.2. The number of nitrogens with zero attached hydrogens (tertiary/aromatic N) is 5. The lowest BCUT2D eigenvalue weighted by molar-refractivity contribution is 0.0110. The molecule has 39 heavy (non-hydrogen) atoms. The van der Waals surface area contributed by atoms with Crippen molar-refractivity contribution in [1.29, 1.82) is 5.26 Å². The quantitative estimate of drug-likeness (QED) is 0.361. The number of hydrogen-bond acceptors (Lipinski definition) is 9. The fourth-order valence-electron chi connectivity index (χ4n) is 5.25. The first-order valence-electron chi connectivity index (χ1n) is 12.7. The molecule has 1 aromatic carbocycles. The highest BCUT2D eigenvalue weighted by Crippen LogP contribution is 2.58. The number of H-pyrrole nitrogens is 1. The van der Waals surface area contributed by atoms with Gasteiger partial charge < -0.3 is 19.9 Å². The molecule has 0 radical (unpaired) electrons. The van der Waals surface area contributed by atoms with Crippen LogP contribution in [0.15, 0.2) is 40.2 Å². The van der Waals surface area contributed by atoms with Crippen LogP contribution in [0.3, 0.4) is 0 Å². The Kier molecular flexibility index (Phi) is 6.62. The lowest BCUT2D eigenvalue weighted by Crippen LogP contribution is -2.49. The monoisotopic (exact) mass is 555 g/mol. The number of hydrogen-bond donors (Lipinski definition) is 4. The van der Waals surface area contributed by atoms with E-state index >= 15 is 0 Å². The number of fused-ring (bicyclic) bond motifs is 2. The first kappa shape index (κ1) is 27.0. The number of nitrogens with one attached hydrogen (secondary N) is 2. The van der Waals surface area contributed by atoms with Crippen LogP contribution in [0, 0.1) is 11.3 Å². The third kappa shape index (κ3) is 4.85. The Morgan fingerprint density at radius 2 is 2.00 bits per heavy atom. The molecule has 0 bridgehead atoms. The smallest absolute Gasteiger partial charge is 0.410 e. The van der Waals surface area contributed by atoms with E-state index in [0.29, 0.717) is 59.8 Å². The van der Waals surface area contributed by atoms with E-state index in [2.05, 4.69) is 16.4 Å². The normalized spacial score (nSPS) is 19.4. The highest BCUT2D eigenvalue weighted by molar-refractivity contribution is 8.22. The topological polar surface area (TPSA) is 160 Å². The molecule has 0 atom stereocenters. The van der Waals surface area contributed by atoms with Crippen molar-refractivity contribution < 1.29 is 18.6 Å². The molecular formula is C26H33N7O5S. The van der Waals surface area contributed by atoms with Gasteiger partial charge in [-0.2, -0.15) is 10.4 Å². The summed E-state index contributed by atoms with van der Waals surface area (Å²) < 4.78 is 29.7. The molecular weight excluding hydrogens is 522 g/mol. The van der Waals surface area contributed by atoms with Gasteiger partial charge in [0.25, 0.3) is 5.56 Å². The summed E-state index contributed by atoms with van der Waals surface area (Å²) in [4.78, 5) is 30.5. The van der Waals surface area contributed by atoms with Crippen molar-refractivity contribution in [3.63, 3.8) is 0 Å². The minimum Gasteiger partial charge on any atom is -0.444 e. The van der Waals surface area contributed by atoms with Crippen LogP contribution >= 0.6 is 10.8 Å². The van der Waals surface area contributed by atoms with Crippen LogP contribution in [-0.4, -0.2) is 64.9 Å². The highest BCUT2D eigenvalue weighted by Gasteiger charge is 2.41. The standard InChI is InChI=1S/C26H33N7O5S/c1-25(2,3)38-24(35)32-13-9-26(8-11-27,10-14-32)33-19-7-12-28-23(34)21(19)22(30-33)29-18-5-6-20-17(15-18)16-31(4)39(20,36)37/h5-7,12,15,36-37H,8-10,13-14,16H2,1-4H3,(H,28,34)(H,29,30). The summed E-state index contributed by atoms with van der Waals surface area (Å²) in [6.07, 6.45) is 2.24. The highest BCUT2D eigenvalue weighted by atomic mass is 32.3. The number of carbonyl (C=O) groups is 1. The largest absolute Gasteiger partial charge is 0.444 e. The first-order chi connectivity index (χ1) is 18.3. The molecule has 0 saturated carbocycles. The number of amides is 1. The number of aromatic nitrogens is 3. The van der Waals surface area contributed by atoms with Gasteiger partial charge in [-0.1, -0.05) is 0 Å². The van der Waals surface area contributed by atoms with Crippen molar-refractivity contribution in [2.45, 2.75) is 62.6 Å². The summed E-state index contributed by atoms with van der Waals surface area (Å²) in [5, 5.41) is 18.2. The molecule has 4 N–H and O–H groups in total. The minimum atomic E-state index is -3.00. The van der Waals surface area contributed by atoms with Crippen LogP contribution in [0.2, 0.25) is 0 Å². The molecule has 12 nitrogen and oxygen atoms in total. The number of pyridine rings is 1. The lowest BCUT2D eigenvalue weighted by atomic mass is 9.85. The van der Waals surface area contributed by atoms with Gasteiger partial charge in [0.1, 0.15) is 11.0 Å². The zero-order valence-corrected chi connectivity index (χ0v) is 23.2. The van der Waals surface area contributed by atoms with E-state index in [1.54, 1.807) is 41.0 Å². The molecule has 1 saturated heterocycles. The summed E-state index contributed by atoms with van der Waals surface area (Å²) in [6.45, 7) is 6.61. The third-order valence-electron chi connectivity index (χ3n) is 7.25. The Balaban J connectivity index is 1.49. The fraction of sp³-hybridized carbons (Fsp3) is 0.462. The van der Waals surface area contributed by atoms with Crippen molar-refractivity contribution in [2.75, 3.05) is 25.5 Å². The van der Waals surface area contributed by atoms with Crippen LogP contribution in [0.1, 0.15) is 45.6 Å². The Bertz CT molecular complexity index is 1530. The van der Waals surface area contributed by atoms with Crippen molar-refractivity contribution >= 4 is 39.3 Å². The van der Waals surface area contributed by atoms with Crippen LogP contribution in [-0.2, 0) is 16.8 Å². The molecule has 3 aromatic rings. The number of ether oxygens (including phenoxy) is 1. The number of carbonyl (C=O) groups excluding carboxylic acids is 1. The van der Waals surface area contributed by atoms with Crippen LogP contribution in [0.25, 0.3) is 10.9 Å². The second kappa shape index (κ2) is 9.56. The van der Waals surface area contributed by atoms with Crippen molar-refractivity contribution in [3.8, 4) is 6.07 Å². The average Bonchev–Trinajstić information content (AvgIpc) is 3.33. The van der Waals surface area contributed by atoms with Gasteiger partial charge in [0.15, 0.2) is 5.82 Å². The number of aromatic amines is 1. The second-order valence-corrected chi connectivity index (χ2v) is 13.2. The number of likely N-dealkylation sites (tertiary alicyclic amines) is 1. The Morgan fingerprint density at radius 3 is 2.67 bits per heavy atom. The van der Waals surface area contributed by atoms with Crippen LogP contribution in [0.4, 0.5) is 16.3 Å². The maximum absolute atomic E-state index is 13.0. The molecule has 0 aliphatic carbocycles. The van der Waals surface area contributed by atoms with Gasteiger partial charge in [0, 0.05) is 38.6 Å². The predicted molar refractivity (Wildman–Crippen MR) is 148 cm³/mol. The van der Waals surface area contributed by atoms with E-state index in [4.69, 9.17) is 9.84 Å². The van der Waals surface area contributed by atoms with Crippen molar-refractivity contribution in [2.24, 2.45) is 0 Å². The predicted octanol–water partition coefficient (Wildman–Crippen LogP) is 4.58. The van der Waals surface area contributed by atoms with Gasteiger partial charge in [-0.15, -0.1) is 10.8 Å². The Morgan fingerprint density at radius 1 is 1.28 bits per heavy atom. The first-order valence-corrected chi connectivity index (χ1v) is 14.2. The van der Waals surface area contributed by atoms with Gasteiger partial charge >= 0.3 is 6.09 Å². The molecule has 4 heterocycles. The molecule has 2 aromatic heterocycles. The van der Waals surface area contributed by atoms with Gasteiger partial charge in [0.05, 0.1) is 28.4 Å². The minimum absolute atomic E-state index is 0.154. The summed E-state index contributed by atoms with van der Waals surface area (Å²) in [5.41, 5.74) is 0.337. The molecule has 1 fully saturated rings. The maximum Gasteiger partial charge on any atom is 0.410 e. The van der Waals surface area contributed by atoms with Crippen molar-refractivity contribution in [1.82, 2.24) is 24.0 Å². The Labute approximate surface area is 227 Å². The number of piperidine rings is 1. The van der Waals surface area contributed by atoms with E-state index < -0.39 is 28.0 Å². The maximum atomic E-state index is 13.0. The van der Waals surface area contributed by atoms with E-state index in [-0.39, 0.29) is 12.0 Å².